The van der Waals surface area contributed by atoms with Crippen LogP contribution in [0.5, 0.6) is 0 Å². The standard InChI is InChI=1S/C19H14F6O2/c1-11(26)13-3-7-15(8-4-13)17(20,18(21,22)19(23,24)25)16-9-5-14(6-10-16)12(2)27/h3-10H,1-2H3. The highest BCUT2D eigenvalue weighted by Gasteiger charge is 2.72. The molecule has 0 heterocycles. The molecule has 0 spiro atoms. The van der Waals surface area contributed by atoms with Gasteiger partial charge in [-0.15, -0.1) is 0 Å². The maximum Gasteiger partial charge on any atom is 0.457 e. The number of ketones is 2. The highest BCUT2D eigenvalue weighted by Crippen LogP contribution is 2.54. The summed E-state index contributed by atoms with van der Waals surface area (Å²) in [5.74, 6) is -6.69. The van der Waals surface area contributed by atoms with Gasteiger partial charge in [0.05, 0.1) is 0 Å². The average molecular weight is 388 g/mol. The van der Waals surface area contributed by atoms with Crippen molar-refractivity contribution in [3.8, 4) is 0 Å². The molecule has 0 bridgehead atoms. The fourth-order valence-electron chi connectivity index (χ4n) is 2.59. The van der Waals surface area contributed by atoms with E-state index in [1.165, 1.54) is 13.8 Å². The summed E-state index contributed by atoms with van der Waals surface area (Å²) >= 11 is 0. The van der Waals surface area contributed by atoms with Crippen LogP contribution < -0.4 is 0 Å². The second-order valence-electron chi connectivity index (χ2n) is 6.00. The Morgan fingerprint density at radius 2 is 0.926 bits per heavy atom. The third-order valence-electron chi connectivity index (χ3n) is 4.17. The monoisotopic (exact) mass is 388 g/mol. The number of carbonyl (C=O) groups excluding carboxylic acids is 2. The Hall–Kier alpha value is -2.64. The van der Waals surface area contributed by atoms with Crippen molar-refractivity contribution in [2.75, 3.05) is 0 Å². The third-order valence-corrected chi connectivity index (χ3v) is 4.17. The first-order chi connectivity index (χ1) is 12.3. The van der Waals surface area contributed by atoms with Gasteiger partial charge in [-0.1, -0.05) is 48.5 Å². The summed E-state index contributed by atoms with van der Waals surface area (Å²) in [5.41, 5.74) is -6.13. The van der Waals surface area contributed by atoms with Crippen LogP contribution in [0.3, 0.4) is 0 Å². The Kier molecular flexibility index (Phi) is 5.23. The second kappa shape index (κ2) is 6.83. The van der Waals surface area contributed by atoms with Crippen molar-refractivity contribution in [1.82, 2.24) is 0 Å². The van der Waals surface area contributed by atoms with Gasteiger partial charge in [0.1, 0.15) is 0 Å². The van der Waals surface area contributed by atoms with Crippen LogP contribution in [0.2, 0.25) is 0 Å². The first-order valence-corrected chi connectivity index (χ1v) is 7.68. The predicted molar refractivity (Wildman–Crippen MR) is 85.8 cm³/mol. The molecule has 0 aliphatic carbocycles. The summed E-state index contributed by atoms with van der Waals surface area (Å²) < 4.78 is 83.1. The van der Waals surface area contributed by atoms with Crippen molar-refractivity contribution < 1.29 is 35.9 Å². The minimum Gasteiger partial charge on any atom is -0.295 e. The predicted octanol–water partition coefficient (Wildman–Crippen LogP) is 5.50. The van der Waals surface area contributed by atoms with Crippen molar-refractivity contribution >= 4 is 11.6 Å². The highest BCUT2D eigenvalue weighted by molar-refractivity contribution is 5.94. The van der Waals surface area contributed by atoms with Gasteiger partial charge in [-0.25, -0.2) is 4.39 Å². The quantitative estimate of drug-likeness (QED) is 0.501. The highest BCUT2D eigenvalue weighted by atomic mass is 19.4. The Labute approximate surface area is 150 Å². The third kappa shape index (κ3) is 3.48. The molecule has 0 saturated heterocycles. The molecule has 0 aromatic heterocycles. The van der Waals surface area contributed by atoms with E-state index in [2.05, 4.69) is 0 Å². The van der Waals surface area contributed by atoms with Crippen LogP contribution in [0.1, 0.15) is 45.7 Å². The molecule has 2 aromatic rings. The fourth-order valence-corrected chi connectivity index (χ4v) is 2.59. The van der Waals surface area contributed by atoms with E-state index in [0.29, 0.717) is 0 Å². The summed E-state index contributed by atoms with van der Waals surface area (Å²) in [6.07, 6.45) is -6.18. The molecule has 0 aliphatic rings. The lowest BCUT2D eigenvalue weighted by Gasteiger charge is -2.35. The molecule has 27 heavy (non-hydrogen) atoms. The Bertz CT molecular complexity index is 794. The molecular weight excluding hydrogens is 374 g/mol. The molecule has 8 heteroatoms. The Morgan fingerprint density at radius 1 is 0.630 bits per heavy atom. The zero-order valence-electron chi connectivity index (χ0n) is 14.2. The molecule has 2 aromatic carbocycles. The van der Waals surface area contributed by atoms with Crippen LogP contribution in [0, 0.1) is 0 Å². The molecule has 0 aliphatic heterocycles. The summed E-state index contributed by atoms with van der Waals surface area (Å²) in [6, 6.07) is 6.77. The van der Waals surface area contributed by atoms with Gasteiger partial charge in [0.25, 0.3) is 0 Å². The summed E-state index contributed by atoms with van der Waals surface area (Å²) in [7, 11) is 0. The Morgan fingerprint density at radius 3 is 1.15 bits per heavy atom. The Balaban J connectivity index is 2.72. The molecule has 0 radical (unpaired) electrons. The smallest absolute Gasteiger partial charge is 0.295 e. The number of alkyl halides is 6. The molecule has 2 rings (SSSR count). The molecule has 0 fully saturated rings. The first-order valence-electron chi connectivity index (χ1n) is 7.68. The van der Waals surface area contributed by atoms with Gasteiger partial charge in [0.2, 0.25) is 5.67 Å². The van der Waals surface area contributed by atoms with E-state index in [0.717, 1.165) is 48.5 Å². The van der Waals surface area contributed by atoms with E-state index in [4.69, 9.17) is 0 Å². The number of benzene rings is 2. The van der Waals surface area contributed by atoms with Gasteiger partial charge in [-0.05, 0) is 13.8 Å². The van der Waals surface area contributed by atoms with Crippen molar-refractivity contribution in [3.63, 3.8) is 0 Å². The minimum absolute atomic E-state index is 0.0309. The van der Waals surface area contributed by atoms with Crippen molar-refractivity contribution in [1.29, 1.82) is 0 Å². The SMILES string of the molecule is CC(=O)c1ccc(C(F)(c2ccc(C(C)=O)cc2)C(F)(F)C(F)(F)F)cc1. The van der Waals surface area contributed by atoms with E-state index in [1.807, 2.05) is 0 Å². The number of carbonyl (C=O) groups is 2. The van der Waals surface area contributed by atoms with Crippen LogP contribution in [-0.4, -0.2) is 23.7 Å². The van der Waals surface area contributed by atoms with Crippen molar-refractivity contribution in [2.45, 2.75) is 31.6 Å². The number of Topliss-reactive ketones (excluding diaryl/α,β-unsaturated/α-hetero) is 2. The molecule has 0 amide bonds. The lowest BCUT2D eigenvalue weighted by molar-refractivity contribution is -0.323. The molecular formula is C19H14F6O2. The van der Waals surface area contributed by atoms with E-state index in [9.17, 15) is 31.5 Å². The van der Waals surface area contributed by atoms with E-state index in [1.54, 1.807) is 0 Å². The van der Waals surface area contributed by atoms with Crippen LogP contribution in [0.4, 0.5) is 26.3 Å². The number of halogens is 6. The molecule has 0 saturated carbocycles. The van der Waals surface area contributed by atoms with E-state index in [-0.39, 0.29) is 11.1 Å². The number of hydrogen-bond acceptors (Lipinski definition) is 2. The largest absolute Gasteiger partial charge is 0.457 e. The van der Waals surface area contributed by atoms with Gasteiger partial charge >= 0.3 is 12.1 Å². The lowest BCUT2D eigenvalue weighted by Crippen LogP contribution is -2.53. The van der Waals surface area contributed by atoms with Crippen LogP contribution in [0.25, 0.3) is 0 Å². The fraction of sp³-hybridized carbons (Fsp3) is 0.263. The molecule has 144 valence electrons. The van der Waals surface area contributed by atoms with Crippen molar-refractivity contribution in [3.05, 3.63) is 70.8 Å². The normalized spacial score (nSPS) is 12.7. The van der Waals surface area contributed by atoms with Crippen molar-refractivity contribution in [2.24, 2.45) is 0 Å². The van der Waals surface area contributed by atoms with E-state index < -0.39 is 40.5 Å². The summed E-state index contributed by atoms with van der Waals surface area (Å²) in [5, 5.41) is 0. The number of rotatable bonds is 5. The maximum atomic E-state index is 15.6. The first kappa shape index (κ1) is 20.7. The maximum absolute atomic E-state index is 15.6. The molecule has 0 atom stereocenters. The molecule has 0 N–H and O–H groups in total. The topological polar surface area (TPSA) is 34.1 Å². The van der Waals surface area contributed by atoms with Gasteiger partial charge < -0.3 is 0 Å². The average Bonchev–Trinajstić information content (AvgIpc) is 2.60. The zero-order chi connectivity index (χ0) is 20.6. The van der Waals surface area contributed by atoms with Gasteiger partial charge in [-0.2, -0.15) is 22.0 Å². The molecule has 0 unspecified atom stereocenters. The lowest BCUT2D eigenvalue weighted by atomic mass is 9.81. The summed E-state index contributed by atoms with van der Waals surface area (Å²) in [6.45, 7) is 2.34. The van der Waals surface area contributed by atoms with Gasteiger partial charge in [-0.3, -0.25) is 9.59 Å². The molecule has 2 nitrogen and oxygen atoms in total. The van der Waals surface area contributed by atoms with Crippen LogP contribution >= 0.6 is 0 Å². The zero-order valence-corrected chi connectivity index (χ0v) is 14.2. The van der Waals surface area contributed by atoms with E-state index >= 15 is 4.39 Å². The second-order valence-corrected chi connectivity index (χ2v) is 6.00. The van der Waals surface area contributed by atoms with Gasteiger partial charge in [0.15, 0.2) is 11.6 Å². The number of hydrogen-bond donors (Lipinski definition) is 0. The summed E-state index contributed by atoms with van der Waals surface area (Å²) in [4.78, 5) is 22.6. The van der Waals surface area contributed by atoms with Gasteiger partial charge in [0, 0.05) is 22.3 Å². The minimum atomic E-state index is -6.18. The van der Waals surface area contributed by atoms with Crippen LogP contribution in [-0.2, 0) is 5.67 Å². The van der Waals surface area contributed by atoms with Crippen LogP contribution in [0.15, 0.2) is 48.5 Å².